The number of nitrogens with zero attached hydrogens (tertiary/aromatic N) is 1. The minimum Gasteiger partial charge on any atom is -0.301 e. The largest absolute Gasteiger partial charge is 0.301 e. The van der Waals surface area contributed by atoms with E-state index in [-0.39, 0.29) is 11.7 Å². The molecule has 1 N–H and O–H groups in total. The molecule has 3 nitrogen and oxygen atoms in total. The predicted octanol–water partition coefficient (Wildman–Crippen LogP) is 3.34. The van der Waals surface area contributed by atoms with E-state index in [0.29, 0.717) is 5.13 Å². The molecule has 3 rings (SSSR count). The van der Waals surface area contributed by atoms with Crippen LogP contribution in [0.4, 0.5) is 9.52 Å². The zero-order valence-electron chi connectivity index (χ0n) is 10.2. The molecule has 0 radical (unpaired) electrons. The third kappa shape index (κ3) is 2.14. The van der Waals surface area contributed by atoms with Crippen molar-refractivity contribution in [1.82, 2.24) is 4.98 Å². The summed E-state index contributed by atoms with van der Waals surface area (Å²) in [7, 11) is 0. The van der Waals surface area contributed by atoms with Gasteiger partial charge < -0.3 is 5.32 Å². The molecule has 0 atom stereocenters. The Labute approximate surface area is 114 Å². The van der Waals surface area contributed by atoms with Gasteiger partial charge in [0.15, 0.2) is 5.13 Å². The summed E-state index contributed by atoms with van der Waals surface area (Å²) in [6.45, 7) is 0. The minimum atomic E-state index is -0.590. The maximum atomic E-state index is 13.4. The molecule has 1 aromatic heterocycles. The molecule has 2 aromatic rings. The number of anilines is 1. The van der Waals surface area contributed by atoms with E-state index in [0.717, 1.165) is 24.8 Å². The standard InChI is InChI=1S/C14H13FN2OS/c15-11-4-1-3-10(9-11)14(5-2-6-14)12(18)17-13-16-7-8-19-13/h1,3-4,7-9H,2,5-6H2,(H,16,17,18). The Hall–Kier alpha value is -1.75. The van der Waals surface area contributed by atoms with Gasteiger partial charge in [-0.2, -0.15) is 0 Å². The van der Waals surface area contributed by atoms with Gasteiger partial charge in [0.2, 0.25) is 5.91 Å². The summed E-state index contributed by atoms with van der Waals surface area (Å²) in [5.41, 5.74) is 0.168. The zero-order valence-corrected chi connectivity index (χ0v) is 11.0. The molecule has 0 unspecified atom stereocenters. The summed E-state index contributed by atoms with van der Waals surface area (Å²) in [5.74, 6) is -0.384. The number of nitrogens with one attached hydrogen (secondary N) is 1. The van der Waals surface area contributed by atoms with Crippen molar-refractivity contribution in [3.8, 4) is 0 Å². The number of carbonyl (C=O) groups is 1. The summed E-state index contributed by atoms with van der Waals surface area (Å²) < 4.78 is 13.4. The average molecular weight is 276 g/mol. The summed E-state index contributed by atoms with van der Waals surface area (Å²) in [4.78, 5) is 16.5. The van der Waals surface area contributed by atoms with Crippen molar-refractivity contribution in [2.24, 2.45) is 0 Å². The van der Waals surface area contributed by atoms with Crippen LogP contribution in [-0.2, 0) is 10.2 Å². The van der Waals surface area contributed by atoms with Crippen LogP contribution in [0, 0.1) is 5.82 Å². The molecule has 1 aliphatic carbocycles. The molecule has 19 heavy (non-hydrogen) atoms. The molecule has 0 aliphatic heterocycles. The number of thiazole rings is 1. The second-order valence-electron chi connectivity index (χ2n) is 4.74. The van der Waals surface area contributed by atoms with E-state index in [9.17, 15) is 9.18 Å². The van der Waals surface area contributed by atoms with E-state index < -0.39 is 5.41 Å². The fraction of sp³-hybridized carbons (Fsp3) is 0.286. The van der Waals surface area contributed by atoms with Gasteiger partial charge in [0.1, 0.15) is 5.82 Å². The second kappa shape index (κ2) is 4.74. The third-order valence-corrected chi connectivity index (χ3v) is 4.36. The molecule has 1 aromatic carbocycles. The summed E-state index contributed by atoms with van der Waals surface area (Å²) in [6.07, 6.45) is 4.15. The van der Waals surface area contributed by atoms with Gasteiger partial charge in [-0.05, 0) is 30.5 Å². The Balaban J connectivity index is 1.88. The number of amides is 1. The van der Waals surface area contributed by atoms with E-state index in [1.165, 1.54) is 23.5 Å². The Morgan fingerprint density at radius 3 is 2.84 bits per heavy atom. The number of hydrogen-bond acceptors (Lipinski definition) is 3. The van der Waals surface area contributed by atoms with Crippen LogP contribution in [0.15, 0.2) is 35.8 Å². The van der Waals surface area contributed by atoms with Crippen LogP contribution in [0.25, 0.3) is 0 Å². The molecule has 1 amide bonds. The van der Waals surface area contributed by atoms with Gasteiger partial charge in [-0.15, -0.1) is 11.3 Å². The Bertz CT molecular complexity index is 593. The highest BCUT2D eigenvalue weighted by Crippen LogP contribution is 2.44. The maximum Gasteiger partial charge on any atom is 0.236 e. The van der Waals surface area contributed by atoms with Crippen molar-refractivity contribution in [3.63, 3.8) is 0 Å². The molecule has 0 spiro atoms. The molecule has 98 valence electrons. The van der Waals surface area contributed by atoms with Crippen molar-refractivity contribution in [1.29, 1.82) is 0 Å². The van der Waals surface area contributed by atoms with E-state index in [4.69, 9.17) is 0 Å². The van der Waals surface area contributed by atoms with Crippen LogP contribution in [0.2, 0.25) is 0 Å². The van der Waals surface area contributed by atoms with Gasteiger partial charge in [0.25, 0.3) is 0 Å². The topological polar surface area (TPSA) is 42.0 Å². The first-order valence-corrected chi connectivity index (χ1v) is 7.06. The first-order valence-electron chi connectivity index (χ1n) is 6.18. The van der Waals surface area contributed by atoms with Gasteiger partial charge in [-0.25, -0.2) is 9.37 Å². The zero-order chi connectivity index (χ0) is 13.3. The smallest absolute Gasteiger partial charge is 0.236 e. The minimum absolute atomic E-state index is 0.0840. The molecule has 1 saturated carbocycles. The molecule has 0 bridgehead atoms. The maximum absolute atomic E-state index is 13.4. The molecule has 5 heteroatoms. The number of rotatable bonds is 3. The second-order valence-corrected chi connectivity index (χ2v) is 5.63. The van der Waals surface area contributed by atoms with Crippen LogP contribution in [-0.4, -0.2) is 10.9 Å². The number of aromatic nitrogens is 1. The third-order valence-electron chi connectivity index (χ3n) is 3.67. The number of halogens is 1. The first kappa shape index (κ1) is 12.3. The van der Waals surface area contributed by atoms with Gasteiger partial charge in [0, 0.05) is 11.6 Å². The van der Waals surface area contributed by atoms with E-state index in [1.54, 1.807) is 12.3 Å². The highest BCUT2D eigenvalue weighted by atomic mass is 32.1. The van der Waals surface area contributed by atoms with Gasteiger partial charge >= 0.3 is 0 Å². The Kier molecular flexibility index (Phi) is 3.06. The molecule has 0 saturated heterocycles. The van der Waals surface area contributed by atoms with Crippen LogP contribution in [0.5, 0.6) is 0 Å². The van der Waals surface area contributed by atoms with Crippen LogP contribution < -0.4 is 5.32 Å². The van der Waals surface area contributed by atoms with Gasteiger partial charge in [-0.3, -0.25) is 4.79 Å². The predicted molar refractivity (Wildman–Crippen MR) is 72.7 cm³/mol. The lowest BCUT2D eigenvalue weighted by molar-refractivity contribution is -0.124. The normalized spacial score (nSPS) is 16.7. The van der Waals surface area contributed by atoms with E-state index >= 15 is 0 Å². The molecule has 1 heterocycles. The fourth-order valence-corrected chi connectivity index (χ4v) is 2.99. The molecular formula is C14H13FN2OS. The van der Waals surface area contributed by atoms with E-state index in [2.05, 4.69) is 10.3 Å². The fourth-order valence-electron chi connectivity index (χ4n) is 2.47. The monoisotopic (exact) mass is 276 g/mol. The van der Waals surface area contributed by atoms with Crippen molar-refractivity contribution < 1.29 is 9.18 Å². The number of hydrogen-bond donors (Lipinski definition) is 1. The summed E-state index contributed by atoms with van der Waals surface area (Å²) in [5, 5.41) is 5.23. The number of benzene rings is 1. The van der Waals surface area contributed by atoms with Crippen molar-refractivity contribution in [3.05, 3.63) is 47.2 Å². The summed E-state index contributed by atoms with van der Waals surface area (Å²) >= 11 is 1.38. The average Bonchev–Trinajstić information content (AvgIpc) is 2.80. The van der Waals surface area contributed by atoms with Crippen molar-refractivity contribution in [2.45, 2.75) is 24.7 Å². The van der Waals surface area contributed by atoms with Gasteiger partial charge in [0.05, 0.1) is 5.41 Å². The lowest BCUT2D eigenvalue weighted by Crippen LogP contribution is -2.46. The molecule has 1 fully saturated rings. The summed E-state index contributed by atoms with van der Waals surface area (Å²) in [6, 6.07) is 6.33. The highest BCUT2D eigenvalue weighted by molar-refractivity contribution is 7.13. The molecule has 1 aliphatic rings. The van der Waals surface area contributed by atoms with Crippen LogP contribution >= 0.6 is 11.3 Å². The van der Waals surface area contributed by atoms with Crippen molar-refractivity contribution >= 4 is 22.4 Å². The Morgan fingerprint density at radius 2 is 2.26 bits per heavy atom. The quantitative estimate of drug-likeness (QED) is 0.934. The van der Waals surface area contributed by atoms with Crippen molar-refractivity contribution in [2.75, 3.05) is 5.32 Å². The van der Waals surface area contributed by atoms with Gasteiger partial charge in [-0.1, -0.05) is 18.6 Å². The highest BCUT2D eigenvalue weighted by Gasteiger charge is 2.45. The van der Waals surface area contributed by atoms with Crippen LogP contribution in [0.3, 0.4) is 0 Å². The number of carbonyl (C=O) groups excluding carboxylic acids is 1. The molecular weight excluding hydrogens is 263 g/mol. The Morgan fingerprint density at radius 1 is 1.42 bits per heavy atom. The van der Waals surface area contributed by atoms with Crippen LogP contribution in [0.1, 0.15) is 24.8 Å². The lowest BCUT2D eigenvalue weighted by Gasteiger charge is -2.40. The SMILES string of the molecule is O=C(Nc1nccs1)C1(c2cccc(F)c2)CCC1. The lowest BCUT2D eigenvalue weighted by atomic mass is 9.64. The van der Waals surface area contributed by atoms with E-state index in [1.807, 2.05) is 11.4 Å². The first-order chi connectivity index (χ1) is 9.21.